The molecule has 0 aliphatic carbocycles. The summed E-state index contributed by atoms with van der Waals surface area (Å²) in [5.41, 5.74) is 1.65. The predicted molar refractivity (Wildman–Crippen MR) is 120 cm³/mol. The fourth-order valence-corrected chi connectivity index (χ4v) is 4.53. The molecule has 0 bridgehead atoms. The topological polar surface area (TPSA) is 97.0 Å². The minimum Gasteiger partial charge on any atom is -0.462 e. The van der Waals surface area contributed by atoms with Gasteiger partial charge in [0.25, 0.3) is 0 Å². The lowest BCUT2D eigenvalue weighted by molar-refractivity contribution is 0.0527. The van der Waals surface area contributed by atoms with Gasteiger partial charge < -0.3 is 19.7 Å². The van der Waals surface area contributed by atoms with Crippen LogP contribution in [0.1, 0.15) is 45.9 Å². The molecule has 1 aliphatic heterocycles. The van der Waals surface area contributed by atoms with Crippen molar-refractivity contribution < 1.29 is 23.9 Å². The molecule has 8 nitrogen and oxygen atoms in total. The van der Waals surface area contributed by atoms with Gasteiger partial charge in [0.15, 0.2) is 0 Å². The van der Waals surface area contributed by atoms with Crippen LogP contribution in [0.5, 0.6) is 0 Å². The van der Waals surface area contributed by atoms with Crippen molar-refractivity contribution in [2.75, 3.05) is 36.9 Å². The molecular weight excluding hydrogens is 418 g/mol. The fraction of sp³-hybridized carbons (Fsp3) is 0.409. The highest BCUT2D eigenvalue weighted by molar-refractivity contribution is 7.18. The maximum absolute atomic E-state index is 12.9. The zero-order valence-corrected chi connectivity index (χ0v) is 18.7. The molecule has 1 fully saturated rings. The highest BCUT2D eigenvalue weighted by Crippen LogP contribution is 2.34. The average molecular weight is 446 g/mol. The van der Waals surface area contributed by atoms with E-state index in [-0.39, 0.29) is 35.7 Å². The van der Waals surface area contributed by atoms with Gasteiger partial charge in [-0.1, -0.05) is 18.2 Å². The van der Waals surface area contributed by atoms with E-state index in [2.05, 4.69) is 10.6 Å². The van der Waals surface area contributed by atoms with Crippen LogP contribution in [0.4, 0.5) is 15.5 Å². The summed E-state index contributed by atoms with van der Waals surface area (Å²) in [6.45, 7) is 6.59. The smallest absolute Gasteiger partial charge is 0.348 e. The maximum Gasteiger partial charge on any atom is 0.348 e. The Morgan fingerprint density at radius 3 is 2.45 bits per heavy atom. The van der Waals surface area contributed by atoms with E-state index in [0.717, 1.165) is 23.4 Å². The van der Waals surface area contributed by atoms with Gasteiger partial charge in [0, 0.05) is 24.8 Å². The SMILES string of the molecule is CCOC(=O)c1sc(NC(=O)N2CCC(Nc3ccccc3)C2)c(C(=O)OCC)c1C. The van der Waals surface area contributed by atoms with Crippen molar-refractivity contribution in [3.8, 4) is 0 Å². The van der Waals surface area contributed by atoms with E-state index < -0.39 is 11.9 Å². The monoisotopic (exact) mass is 445 g/mol. The molecule has 3 rings (SSSR count). The zero-order chi connectivity index (χ0) is 22.4. The summed E-state index contributed by atoms with van der Waals surface area (Å²) in [4.78, 5) is 39.6. The number of hydrogen-bond donors (Lipinski definition) is 2. The Kier molecular flexibility index (Phi) is 7.51. The molecule has 2 amide bonds. The normalized spacial score (nSPS) is 15.5. The van der Waals surface area contributed by atoms with Crippen molar-refractivity contribution in [3.63, 3.8) is 0 Å². The number of nitrogens with zero attached hydrogens (tertiary/aromatic N) is 1. The molecule has 1 unspecified atom stereocenters. The van der Waals surface area contributed by atoms with Crippen LogP contribution in [-0.2, 0) is 9.47 Å². The molecule has 0 radical (unpaired) electrons. The number of ether oxygens (including phenoxy) is 2. The minimum absolute atomic E-state index is 0.137. The van der Waals surface area contributed by atoms with E-state index in [4.69, 9.17) is 9.47 Å². The second kappa shape index (κ2) is 10.3. The number of hydrogen-bond acceptors (Lipinski definition) is 7. The summed E-state index contributed by atoms with van der Waals surface area (Å²) >= 11 is 1.03. The van der Waals surface area contributed by atoms with Crippen LogP contribution < -0.4 is 10.6 Å². The van der Waals surface area contributed by atoms with Crippen molar-refractivity contribution >= 4 is 40.0 Å². The average Bonchev–Trinajstić information content (AvgIpc) is 3.33. The first-order chi connectivity index (χ1) is 14.9. The van der Waals surface area contributed by atoms with Gasteiger partial charge in [-0.15, -0.1) is 11.3 Å². The predicted octanol–water partition coefficient (Wildman–Crippen LogP) is 4.13. The van der Waals surface area contributed by atoms with Gasteiger partial charge in [-0.25, -0.2) is 14.4 Å². The number of rotatable bonds is 7. The molecule has 2 N–H and O–H groups in total. The number of thiophene rings is 1. The Bertz CT molecular complexity index is 944. The molecule has 2 aromatic rings. The largest absolute Gasteiger partial charge is 0.462 e. The first kappa shape index (κ1) is 22.6. The van der Waals surface area contributed by atoms with Gasteiger partial charge in [-0.2, -0.15) is 0 Å². The van der Waals surface area contributed by atoms with Gasteiger partial charge >= 0.3 is 18.0 Å². The first-order valence-electron chi connectivity index (χ1n) is 10.3. The summed E-state index contributed by atoms with van der Waals surface area (Å²) in [5, 5.41) is 6.52. The molecule has 1 atom stereocenters. The molecule has 9 heteroatoms. The molecule has 1 aromatic carbocycles. The standard InChI is InChI=1S/C22H27N3O5S/c1-4-29-20(26)17-14(3)18(21(27)30-5-2)31-19(17)24-22(28)25-12-11-16(13-25)23-15-9-7-6-8-10-15/h6-10,16,23H,4-5,11-13H2,1-3H3,(H,24,28). The Hall–Kier alpha value is -3.07. The second-order valence-electron chi connectivity index (χ2n) is 7.07. The van der Waals surface area contributed by atoms with Crippen LogP contribution >= 0.6 is 11.3 Å². The van der Waals surface area contributed by atoms with Crippen molar-refractivity contribution in [2.24, 2.45) is 0 Å². The van der Waals surface area contributed by atoms with Gasteiger partial charge in [-0.3, -0.25) is 5.32 Å². The van der Waals surface area contributed by atoms with E-state index in [0.29, 0.717) is 23.7 Å². The van der Waals surface area contributed by atoms with Crippen LogP contribution in [-0.4, -0.2) is 55.2 Å². The number of esters is 2. The number of urea groups is 1. The highest BCUT2D eigenvalue weighted by atomic mass is 32.1. The lowest BCUT2D eigenvalue weighted by Crippen LogP contribution is -2.35. The van der Waals surface area contributed by atoms with Gasteiger partial charge in [0.2, 0.25) is 0 Å². The quantitative estimate of drug-likeness (QED) is 0.622. The molecule has 166 valence electrons. The molecule has 1 aromatic heterocycles. The second-order valence-corrected chi connectivity index (χ2v) is 8.09. The van der Waals surface area contributed by atoms with Crippen LogP contribution in [0.2, 0.25) is 0 Å². The Balaban J connectivity index is 1.73. The van der Waals surface area contributed by atoms with Gasteiger partial charge in [-0.05, 0) is 44.9 Å². The Morgan fingerprint density at radius 2 is 1.77 bits per heavy atom. The maximum atomic E-state index is 12.9. The summed E-state index contributed by atoms with van der Waals surface area (Å²) in [7, 11) is 0. The van der Waals surface area contributed by atoms with E-state index in [1.54, 1.807) is 25.7 Å². The Morgan fingerprint density at radius 1 is 1.10 bits per heavy atom. The summed E-state index contributed by atoms with van der Waals surface area (Å²) < 4.78 is 10.2. The number of anilines is 2. The number of carbonyl (C=O) groups is 3. The third kappa shape index (κ3) is 5.35. The highest BCUT2D eigenvalue weighted by Gasteiger charge is 2.30. The number of likely N-dealkylation sites (tertiary alicyclic amines) is 1. The van der Waals surface area contributed by atoms with E-state index in [1.165, 1.54) is 0 Å². The van der Waals surface area contributed by atoms with Crippen LogP contribution in [0.3, 0.4) is 0 Å². The summed E-state index contributed by atoms with van der Waals surface area (Å²) in [6, 6.07) is 9.66. The molecule has 1 aliphatic rings. The number of amides is 2. The molecular formula is C22H27N3O5S. The number of nitrogens with one attached hydrogen (secondary N) is 2. The zero-order valence-electron chi connectivity index (χ0n) is 17.9. The van der Waals surface area contributed by atoms with Gasteiger partial charge in [0.05, 0.1) is 18.8 Å². The molecule has 31 heavy (non-hydrogen) atoms. The molecule has 0 saturated carbocycles. The minimum atomic E-state index is -0.577. The molecule has 2 heterocycles. The summed E-state index contributed by atoms with van der Waals surface area (Å²) in [5.74, 6) is -1.10. The first-order valence-corrected chi connectivity index (χ1v) is 11.1. The Labute approximate surface area is 185 Å². The number of para-hydroxylation sites is 1. The van der Waals surface area contributed by atoms with Crippen LogP contribution in [0.25, 0.3) is 0 Å². The van der Waals surface area contributed by atoms with E-state index in [1.807, 2.05) is 30.3 Å². The van der Waals surface area contributed by atoms with Crippen LogP contribution in [0.15, 0.2) is 30.3 Å². The third-order valence-electron chi connectivity index (χ3n) is 4.93. The number of carbonyl (C=O) groups excluding carboxylic acids is 3. The summed E-state index contributed by atoms with van der Waals surface area (Å²) in [6.07, 6.45) is 0.810. The molecule has 0 spiro atoms. The van der Waals surface area contributed by atoms with Gasteiger partial charge in [0.1, 0.15) is 9.88 Å². The van der Waals surface area contributed by atoms with Crippen LogP contribution in [0, 0.1) is 6.92 Å². The lowest BCUT2D eigenvalue weighted by atomic mass is 10.1. The van der Waals surface area contributed by atoms with E-state index >= 15 is 0 Å². The van der Waals surface area contributed by atoms with Crippen molar-refractivity contribution in [3.05, 3.63) is 46.3 Å². The number of benzene rings is 1. The third-order valence-corrected chi connectivity index (χ3v) is 6.11. The lowest BCUT2D eigenvalue weighted by Gasteiger charge is -2.18. The van der Waals surface area contributed by atoms with E-state index in [9.17, 15) is 14.4 Å². The molecule has 1 saturated heterocycles. The van der Waals surface area contributed by atoms with Crippen molar-refractivity contribution in [1.29, 1.82) is 0 Å². The fourth-order valence-electron chi connectivity index (χ4n) is 3.45. The van der Waals surface area contributed by atoms with Crippen molar-refractivity contribution in [2.45, 2.75) is 33.2 Å². The van der Waals surface area contributed by atoms with Crippen molar-refractivity contribution in [1.82, 2.24) is 4.90 Å².